The summed E-state index contributed by atoms with van der Waals surface area (Å²) in [5.74, 6) is 3.90. The van der Waals surface area contributed by atoms with Crippen molar-refractivity contribution in [2.45, 2.75) is 103 Å². The molecular formula is C86H83ClN12O9. The predicted octanol–water partition coefficient (Wildman–Crippen LogP) is 14.0. The fraction of sp³-hybridized carbons (Fsp3) is 0.256. The zero-order valence-electron chi connectivity index (χ0n) is 60.3. The van der Waals surface area contributed by atoms with Crippen molar-refractivity contribution >= 4 is 35.2 Å². The molecule has 12 aromatic rings. The van der Waals surface area contributed by atoms with E-state index in [4.69, 9.17) is 35.3 Å². The zero-order valence-corrected chi connectivity index (χ0v) is 61.1. The molecule has 18 rings (SSSR count). The summed E-state index contributed by atoms with van der Waals surface area (Å²) in [4.78, 5) is 59.1. The van der Waals surface area contributed by atoms with Gasteiger partial charge < -0.3 is 43.3 Å². The molecule has 0 aliphatic carbocycles. The van der Waals surface area contributed by atoms with E-state index in [0.29, 0.717) is 87.0 Å². The van der Waals surface area contributed by atoms with Gasteiger partial charge in [0.2, 0.25) is 6.10 Å². The van der Waals surface area contributed by atoms with Crippen LogP contribution >= 0.6 is 11.6 Å². The minimum absolute atomic E-state index is 0.00111. The van der Waals surface area contributed by atoms with Crippen molar-refractivity contribution in [3.63, 3.8) is 0 Å². The first-order valence-corrected chi connectivity index (χ1v) is 37.1. The molecule has 0 bridgehead atoms. The summed E-state index contributed by atoms with van der Waals surface area (Å²) in [5, 5.41) is 31.1. The van der Waals surface area contributed by atoms with Crippen molar-refractivity contribution in [1.29, 1.82) is 0 Å². The average molecular weight is 1460 g/mol. The summed E-state index contributed by atoms with van der Waals surface area (Å²) in [6.07, 6.45) is 2.11. The highest BCUT2D eigenvalue weighted by atomic mass is 35.5. The summed E-state index contributed by atoms with van der Waals surface area (Å²) in [7, 11) is 0. The van der Waals surface area contributed by atoms with Crippen molar-refractivity contribution in [2.24, 2.45) is 0 Å². The van der Waals surface area contributed by atoms with E-state index < -0.39 is 18.3 Å². The molecule has 22 heteroatoms. The quantitative estimate of drug-likeness (QED) is 0.0840. The van der Waals surface area contributed by atoms with Crippen LogP contribution < -0.4 is 23.7 Å². The number of amides is 4. The fourth-order valence-corrected chi connectivity index (χ4v) is 14.6. The molecule has 548 valence electrons. The van der Waals surface area contributed by atoms with E-state index in [1.54, 1.807) is 31.2 Å². The number of hydrogen-bond donors (Lipinski definition) is 4. The Bertz CT molecular complexity index is 5100. The van der Waals surface area contributed by atoms with Gasteiger partial charge in [-0.2, -0.15) is 20.4 Å². The van der Waals surface area contributed by atoms with Gasteiger partial charge in [-0.05, 0) is 72.5 Å². The summed E-state index contributed by atoms with van der Waals surface area (Å²) >= 11 is 5.99. The predicted molar refractivity (Wildman–Crippen MR) is 411 cm³/mol. The first-order valence-electron chi connectivity index (χ1n) is 36.7. The summed E-state index contributed by atoms with van der Waals surface area (Å²) in [5.41, 5.74) is 19.1. The first-order chi connectivity index (χ1) is 52.8. The van der Waals surface area contributed by atoms with Crippen LogP contribution in [0.25, 0.3) is 45.0 Å². The summed E-state index contributed by atoms with van der Waals surface area (Å²) in [6.45, 7) is 11.2. The van der Waals surface area contributed by atoms with Crippen LogP contribution in [0.1, 0.15) is 82.8 Å². The molecule has 21 nitrogen and oxygen atoms in total. The Balaban J connectivity index is 0.000000115. The fourth-order valence-electron chi connectivity index (χ4n) is 14.4. The molecule has 4 aromatic heterocycles. The first kappa shape index (κ1) is 71.4. The lowest BCUT2D eigenvalue weighted by atomic mass is 10.0. The number of aromatic nitrogens is 8. The Labute approximate surface area is 631 Å². The second-order valence-electron chi connectivity index (χ2n) is 27.7. The second-order valence-corrected chi connectivity index (χ2v) is 28.1. The maximum atomic E-state index is 13.0. The van der Waals surface area contributed by atoms with Crippen LogP contribution in [0.2, 0.25) is 5.02 Å². The number of carbonyl (C=O) groups is 4. The molecule has 6 aliphatic heterocycles. The molecule has 4 amide bonds. The minimum Gasteiger partial charge on any atom is -0.485 e. The molecule has 3 atom stereocenters. The number of rotatable bonds is 13. The van der Waals surface area contributed by atoms with Gasteiger partial charge >= 0.3 is 0 Å². The van der Waals surface area contributed by atoms with Gasteiger partial charge in [0, 0.05) is 157 Å². The van der Waals surface area contributed by atoms with Gasteiger partial charge in [0.05, 0.1) is 22.8 Å². The normalized spacial score (nSPS) is 16.0. The molecule has 108 heavy (non-hydrogen) atoms. The van der Waals surface area contributed by atoms with E-state index >= 15 is 0 Å². The second kappa shape index (κ2) is 32.6. The monoisotopic (exact) mass is 1460 g/mol. The van der Waals surface area contributed by atoms with Crippen LogP contribution in [0.3, 0.4) is 0 Å². The zero-order chi connectivity index (χ0) is 74.0. The smallest absolute Gasteiger partial charge is 0.267 e. The van der Waals surface area contributed by atoms with E-state index in [0.717, 1.165) is 133 Å². The minimum atomic E-state index is -0.617. The largest absolute Gasteiger partial charge is 0.485 e. The molecule has 0 fully saturated rings. The third-order valence-corrected chi connectivity index (χ3v) is 20.5. The van der Waals surface area contributed by atoms with Crippen molar-refractivity contribution in [2.75, 3.05) is 39.4 Å². The number of benzene rings is 8. The number of para-hydroxylation sites is 3. The Kier molecular flexibility index (Phi) is 21.6. The maximum absolute atomic E-state index is 13.0. The van der Waals surface area contributed by atoms with Crippen LogP contribution in [0.5, 0.6) is 28.7 Å². The van der Waals surface area contributed by atoms with Gasteiger partial charge in [0.25, 0.3) is 23.6 Å². The molecular weight excluding hydrogens is 1380 g/mol. The number of aromatic amines is 4. The lowest BCUT2D eigenvalue weighted by Gasteiger charge is -2.32. The molecule has 4 N–H and O–H groups in total. The summed E-state index contributed by atoms with van der Waals surface area (Å²) in [6, 6.07) is 70.6. The highest BCUT2D eigenvalue weighted by Gasteiger charge is 2.37. The van der Waals surface area contributed by atoms with Gasteiger partial charge in [-0.3, -0.25) is 39.6 Å². The van der Waals surface area contributed by atoms with E-state index in [1.807, 2.05) is 202 Å². The standard InChI is InChI=1S/C23H25N3O2.C21H20ClN3O2.C21H19N3O3.C21H19N3O2/c1-16(2)17-8-10-19(11-9-17)28-15-22(27)26-13-12-21-20(14-26)23(25-24-21)18-6-4-3-5-7-18;1-14(27-17-9-5-8-16(22)12-17)21(26)25-11-10-19-18(13-25)20(24-23-19)15-6-3-2-4-7-15;25-21(19-13-26-17-8-4-5-9-18(17)27-19)24-11-10-16-15(12-24)20(23-22-16)14-6-2-1-3-7-14;25-21(19-12-15-8-4-5-9-18(15)26-19)24-11-10-17-16(13-24)20(23-22-17)14-6-2-1-3-7-14/h3-11,16H,12-15H2,1-2H3,(H,24,25);2-9,12,14H,10-11,13H2,1H3,(H,23,24);1-9,19H,10-13H2,(H,22,23);1-9,19H,10-13H2,(H,22,23). The van der Waals surface area contributed by atoms with Gasteiger partial charge in [-0.25, -0.2) is 0 Å². The highest BCUT2D eigenvalue weighted by Crippen LogP contribution is 2.37. The lowest BCUT2D eigenvalue weighted by molar-refractivity contribution is -0.142. The molecule has 0 saturated heterocycles. The van der Waals surface area contributed by atoms with Gasteiger partial charge in [-0.15, -0.1) is 0 Å². The Morgan fingerprint density at radius 1 is 0.454 bits per heavy atom. The highest BCUT2D eigenvalue weighted by molar-refractivity contribution is 6.30. The Hall–Kier alpha value is -12.2. The van der Waals surface area contributed by atoms with Crippen molar-refractivity contribution in [1.82, 2.24) is 60.4 Å². The number of nitrogens with zero attached hydrogens (tertiary/aromatic N) is 8. The van der Waals surface area contributed by atoms with Crippen molar-refractivity contribution in [3.05, 3.63) is 280 Å². The number of H-pyrrole nitrogens is 4. The van der Waals surface area contributed by atoms with Crippen LogP contribution in [0, 0.1) is 0 Å². The maximum Gasteiger partial charge on any atom is 0.267 e. The van der Waals surface area contributed by atoms with Gasteiger partial charge in [0.1, 0.15) is 23.9 Å². The third-order valence-electron chi connectivity index (χ3n) is 20.3. The molecule has 0 saturated carbocycles. The van der Waals surface area contributed by atoms with E-state index in [2.05, 4.69) is 66.8 Å². The van der Waals surface area contributed by atoms with Crippen LogP contribution in [0.15, 0.2) is 218 Å². The van der Waals surface area contributed by atoms with E-state index in [-0.39, 0.29) is 36.8 Å². The van der Waals surface area contributed by atoms with Gasteiger partial charge in [-0.1, -0.05) is 195 Å². The summed E-state index contributed by atoms with van der Waals surface area (Å²) < 4.78 is 29.0. The van der Waals surface area contributed by atoms with Crippen molar-refractivity contribution in [3.8, 4) is 73.8 Å². The number of fused-ring (bicyclic) bond motifs is 6. The third kappa shape index (κ3) is 16.1. The van der Waals surface area contributed by atoms with Crippen LogP contribution in [0.4, 0.5) is 0 Å². The Morgan fingerprint density at radius 3 is 1.35 bits per heavy atom. The molecule has 0 spiro atoms. The number of nitrogens with one attached hydrogen (secondary N) is 4. The molecule has 10 heterocycles. The van der Waals surface area contributed by atoms with E-state index in [1.165, 1.54) is 5.56 Å². The molecule has 8 aromatic carbocycles. The topological polar surface area (TPSA) is 242 Å². The number of hydrogen-bond acceptors (Lipinski definition) is 13. The molecule has 6 aliphatic rings. The number of ether oxygens (including phenoxy) is 5. The lowest BCUT2D eigenvalue weighted by Crippen LogP contribution is -2.47. The number of halogens is 1. The SMILES string of the molecule is CC(C)c1ccc(OCC(=O)N2CCc3[nH]nc(-c4ccccc4)c3C2)cc1.CC(Oc1cccc(Cl)c1)C(=O)N1CCc2[nH]nc(-c3ccccc3)c2C1.O=C(C1COc2ccccc2O1)N1CCc2[nH]nc(-c3ccccc3)c2C1.O=C(C1Cc2ccccc2O1)N1CCc2[nH]nc(-c3ccccc3)c2C1. The van der Waals surface area contributed by atoms with E-state index in [9.17, 15) is 19.2 Å². The average Bonchev–Trinajstić information content (AvgIpc) is 1.03. The van der Waals surface area contributed by atoms with Crippen molar-refractivity contribution < 1.29 is 42.9 Å². The molecule has 0 radical (unpaired) electrons. The van der Waals surface area contributed by atoms with Crippen LogP contribution in [-0.2, 0) is 77.5 Å². The molecule has 3 unspecified atom stereocenters. The van der Waals surface area contributed by atoms with Crippen LogP contribution in [-0.4, -0.2) is 142 Å². The Morgan fingerprint density at radius 2 is 0.870 bits per heavy atom. The number of carbonyl (C=O) groups excluding carboxylic acids is 4. The van der Waals surface area contributed by atoms with Gasteiger partial charge in [0.15, 0.2) is 30.3 Å².